The highest BCUT2D eigenvalue weighted by atomic mass is 32.2. The van der Waals surface area contributed by atoms with Crippen molar-refractivity contribution in [1.29, 1.82) is 0 Å². The molecule has 4 N–H and O–H groups in total. The minimum Gasteiger partial charge on any atom is -0.480 e. The molecule has 12 heteroatoms. The lowest BCUT2D eigenvalue weighted by Crippen LogP contribution is -2.42. The first-order chi connectivity index (χ1) is 18.7. The molecular weight excluding hydrogens is 539 g/mol. The van der Waals surface area contributed by atoms with Gasteiger partial charge in [-0.15, -0.1) is 0 Å². The Morgan fingerprint density at radius 2 is 1.77 bits per heavy atom. The molecule has 0 saturated carbocycles. The summed E-state index contributed by atoms with van der Waals surface area (Å²) in [6.07, 6.45) is 2.57. The van der Waals surface area contributed by atoms with Gasteiger partial charge >= 0.3 is 5.97 Å². The topological polar surface area (TPSA) is 155 Å². The quantitative estimate of drug-likeness (QED) is 0.287. The van der Waals surface area contributed by atoms with Gasteiger partial charge in [-0.3, -0.25) is 19.3 Å². The molecule has 0 saturated heterocycles. The monoisotopic (exact) mass is 568 g/mol. The number of pyridine rings is 1. The molecule has 1 atom stereocenters. The van der Waals surface area contributed by atoms with E-state index in [0.717, 1.165) is 12.1 Å². The smallest absolute Gasteiger partial charge is 0.326 e. The van der Waals surface area contributed by atoms with E-state index in [1.165, 1.54) is 36.5 Å². The zero-order valence-corrected chi connectivity index (χ0v) is 22.9. The molecule has 3 rings (SSSR count). The molecule has 10 nitrogen and oxygen atoms in total. The number of benzene rings is 2. The maximum Gasteiger partial charge on any atom is 0.326 e. The van der Waals surface area contributed by atoms with Gasteiger partial charge in [-0.25, -0.2) is 17.6 Å². The molecule has 0 aliphatic rings. The van der Waals surface area contributed by atoms with Crippen molar-refractivity contribution in [2.24, 2.45) is 5.41 Å². The number of halogens is 1. The molecule has 0 aliphatic heterocycles. The van der Waals surface area contributed by atoms with Crippen molar-refractivity contribution < 1.29 is 32.3 Å². The Bertz CT molecular complexity index is 1540. The molecular formula is C28H29FN4O6S. The second-order valence-electron chi connectivity index (χ2n) is 9.85. The number of rotatable bonds is 10. The number of hydrogen-bond donors (Lipinski definition) is 4. The lowest BCUT2D eigenvalue weighted by molar-refractivity contribution is -0.139. The molecule has 0 fully saturated rings. The van der Waals surface area contributed by atoms with Gasteiger partial charge in [-0.05, 0) is 54.1 Å². The number of anilines is 2. The molecule has 1 aromatic heterocycles. The van der Waals surface area contributed by atoms with Crippen molar-refractivity contribution in [2.75, 3.05) is 10.0 Å². The van der Waals surface area contributed by atoms with Crippen molar-refractivity contribution >= 4 is 45.3 Å². The number of aliphatic carboxylic acids is 1. The predicted octanol–water partition coefficient (Wildman–Crippen LogP) is 4.07. The van der Waals surface area contributed by atoms with E-state index in [-0.39, 0.29) is 28.5 Å². The van der Waals surface area contributed by atoms with E-state index >= 15 is 4.39 Å². The van der Waals surface area contributed by atoms with Crippen LogP contribution in [0.4, 0.5) is 15.8 Å². The molecule has 0 bridgehead atoms. The highest BCUT2D eigenvalue weighted by Gasteiger charge is 2.25. The molecule has 40 heavy (non-hydrogen) atoms. The van der Waals surface area contributed by atoms with Gasteiger partial charge < -0.3 is 15.7 Å². The van der Waals surface area contributed by atoms with Crippen LogP contribution in [0.1, 0.15) is 42.4 Å². The fourth-order valence-electron chi connectivity index (χ4n) is 3.43. The summed E-state index contributed by atoms with van der Waals surface area (Å²) >= 11 is 0. The summed E-state index contributed by atoms with van der Waals surface area (Å²) < 4.78 is 43.3. The Morgan fingerprint density at radius 3 is 2.33 bits per heavy atom. The maximum absolute atomic E-state index is 15.0. The highest BCUT2D eigenvalue weighted by Crippen LogP contribution is 2.26. The molecule has 0 radical (unpaired) electrons. The van der Waals surface area contributed by atoms with Crippen LogP contribution >= 0.6 is 0 Å². The number of carbonyl (C=O) groups excluding carboxylic acids is 2. The Balaban J connectivity index is 1.80. The third kappa shape index (κ3) is 7.50. The van der Waals surface area contributed by atoms with Crippen LogP contribution in [0, 0.1) is 11.2 Å². The van der Waals surface area contributed by atoms with E-state index in [2.05, 4.69) is 26.9 Å². The Hall–Kier alpha value is -4.58. The third-order valence-corrected chi connectivity index (χ3v) is 7.08. The van der Waals surface area contributed by atoms with Crippen LogP contribution in [0.3, 0.4) is 0 Å². The van der Waals surface area contributed by atoms with Gasteiger partial charge in [-0.2, -0.15) is 0 Å². The highest BCUT2D eigenvalue weighted by molar-refractivity contribution is 7.92. The standard InChI is InChI=1S/C28H29FN4O6S/c1-5-17-14-21(25(34)32-24(26(35)36)15-19-8-6-7-13-30-19)22(29)16-23(17)33-40(38,39)20-11-9-18(10-12-20)31-27(37)28(2,3)4/h5-14,16,24,33H,1,15H2,2-4H3,(H,31,37)(H,32,34)(H,35,36)/t24-/m0/s1. The van der Waals surface area contributed by atoms with E-state index in [4.69, 9.17) is 0 Å². The summed E-state index contributed by atoms with van der Waals surface area (Å²) in [5.74, 6) is -3.67. The number of carbonyl (C=O) groups is 3. The number of sulfonamides is 1. The molecule has 210 valence electrons. The zero-order valence-electron chi connectivity index (χ0n) is 22.1. The molecule has 0 spiro atoms. The molecule has 0 unspecified atom stereocenters. The van der Waals surface area contributed by atoms with Crippen LogP contribution in [0.5, 0.6) is 0 Å². The van der Waals surface area contributed by atoms with Crippen molar-refractivity contribution in [3.8, 4) is 0 Å². The van der Waals surface area contributed by atoms with Gasteiger partial charge in [0.25, 0.3) is 15.9 Å². The minimum atomic E-state index is -4.20. The van der Waals surface area contributed by atoms with Crippen molar-refractivity contribution in [3.05, 3.63) is 90.0 Å². The normalized spacial score (nSPS) is 12.2. The summed E-state index contributed by atoms with van der Waals surface area (Å²) in [5, 5.41) is 14.5. The second-order valence-corrected chi connectivity index (χ2v) is 11.5. The summed E-state index contributed by atoms with van der Waals surface area (Å²) in [4.78, 5) is 40.5. The first-order valence-corrected chi connectivity index (χ1v) is 13.5. The molecule has 1 heterocycles. The van der Waals surface area contributed by atoms with Gasteiger partial charge in [0.2, 0.25) is 5.91 Å². The van der Waals surface area contributed by atoms with E-state index < -0.39 is 44.7 Å². The largest absolute Gasteiger partial charge is 0.480 e. The van der Waals surface area contributed by atoms with E-state index in [0.29, 0.717) is 11.4 Å². The van der Waals surface area contributed by atoms with Crippen molar-refractivity contribution in [2.45, 2.75) is 38.1 Å². The van der Waals surface area contributed by atoms with Crippen LogP contribution < -0.4 is 15.4 Å². The number of carboxylic acid groups (broad SMARTS) is 1. The lowest BCUT2D eigenvalue weighted by Gasteiger charge is -2.18. The Labute approximate surface area is 231 Å². The second kappa shape index (κ2) is 12.1. The minimum absolute atomic E-state index is 0.0841. The van der Waals surface area contributed by atoms with Crippen LogP contribution in [-0.2, 0) is 26.0 Å². The average Bonchev–Trinajstić information content (AvgIpc) is 2.88. The number of aromatic nitrogens is 1. The molecule has 2 aromatic carbocycles. The van der Waals surface area contributed by atoms with Gasteiger partial charge in [-0.1, -0.05) is 39.5 Å². The maximum atomic E-state index is 15.0. The predicted molar refractivity (Wildman–Crippen MR) is 149 cm³/mol. The SMILES string of the molecule is C=Cc1cc(C(=O)N[C@@H](Cc2ccccn2)C(=O)O)c(F)cc1NS(=O)(=O)c1ccc(NC(=O)C(C)(C)C)cc1. The van der Waals surface area contributed by atoms with Gasteiger partial charge in [0.1, 0.15) is 11.9 Å². The first-order valence-electron chi connectivity index (χ1n) is 12.0. The molecule has 2 amide bonds. The average molecular weight is 569 g/mol. The number of hydrogen-bond acceptors (Lipinski definition) is 6. The number of carboxylic acids is 1. The number of nitrogens with one attached hydrogen (secondary N) is 3. The fourth-order valence-corrected chi connectivity index (χ4v) is 4.50. The molecule has 0 aliphatic carbocycles. The summed E-state index contributed by atoms with van der Waals surface area (Å²) in [6.45, 7) is 8.81. The van der Waals surface area contributed by atoms with Crippen LogP contribution in [0.2, 0.25) is 0 Å². The fraction of sp³-hybridized carbons (Fsp3) is 0.214. The lowest BCUT2D eigenvalue weighted by atomic mass is 9.95. The van der Waals surface area contributed by atoms with Gasteiger partial charge in [0.05, 0.1) is 16.1 Å². The van der Waals surface area contributed by atoms with E-state index in [9.17, 15) is 27.9 Å². The van der Waals surface area contributed by atoms with Crippen LogP contribution in [-0.4, -0.2) is 42.3 Å². The van der Waals surface area contributed by atoms with Crippen LogP contribution in [0.15, 0.2) is 72.3 Å². The molecule has 3 aromatic rings. The Kier molecular flexibility index (Phi) is 9.05. The summed E-state index contributed by atoms with van der Waals surface area (Å²) in [5.41, 5.74) is -0.428. The van der Waals surface area contributed by atoms with Gasteiger partial charge in [0, 0.05) is 29.4 Å². The van der Waals surface area contributed by atoms with Crippen molar-refractivity contribution in [1.82, 2.24) is 10.3 Å². The summed E-state index contributed by atoms with van der Waals surface area (Å²) in [6, 6.07) is 10.8. The van der Waals surface area contributed by atoms with Crippen LogP contribution in [0.25, 0.3) is 6.08 Å². The zero-order chi connectivity index (χ0) is 29.7. The number of nitrogens with zero attached hydrogens (tertiary/aromatic N) is 1. The van der Waals surface area contributed by atoms with Crippen molar-refractivity contribution in [3.63, 3.8) is 0 Å². The van der Waals surface area contributed by atoms with E-state index in [1.807, 2.05) is 0 Å². The van der Waals surface area contributed by atoms with Gasteiger partial charge in [0.15, 0.2) is 0 Å². The Morgan fingerprint density at radius 1 is 1.10 bits per heavy atom. The first kappa shape index (κ1) is 30.0. The summed E-state index contributed by atoms with van der Waals surface area (Å²) in [7, 11) is -4.20. The number of amides is 2. The van der Waals surface area contributed by atoms with E-state index in [1.54, 1.807) is 39.0 Å². The third-order valence-electron chi connectivity index (χ3n) is 5.69.